The van der Waals surface area contributed by atoms with Gasteiger partial charge in [-0.05, 0) is 6.07 Å². The predicted octanol–water partition coefficient (Wildman–Crippen LogP) is 2.88. The number of benzene rings is 1. The van der Waals surface area contributed by atoms with Gasteiger partial charge in [-0.15, -0.1) is 11.3 Å². The number of hydrogen-bond acceptors (Lipinski definition) is 5. The second kappa shape index (κ2) is 6.04. The van der Waals surface area contributed by atoms with Crippen LogP contribution in [0.4, 0.5) is 0 Å². The molecule has 1 heterocycles. The molecule has 0 fully saturated rings. The van der Waals surface area contributed by atoms with Crippen LogP contribution in [-0.2, 0) is 13.2 Å². The third-order valence-corrected chi connectivity index (χ3v) is 3.28. The van der Waals surface area contributed by atoms with Gasteiger partial charge in [-0.1, -0.05) is 11.6 Å². The second-order valence-electron chi connectivity index (χ2n) is 3.47. The molecule has 0 aliphatic rings. The summed E-state index contributed by atoms with van der Waals surface area (Å²) in [6.45, 7) is 0.173. The summed E-state index contributed by atoms with van der Waals surface area (Å²) in [5.41, 5.74) is 0.593. The summed E-state index contributed by atoms with van der Waals surface area (Å²) in [5, 5.41) is 12.5. The van der Waals surface area contributed by atoms with Crippen molar-refractivity contribution in [1.82, 2.24) is 4.98 Å². The number of aliphatic hydroxyl groups excluding tert-OH is 1. The van der Waals surface area contributed by atoms with Gasteiger partial charge in [0.15, 0.2) is 11.5 Å². The lowest BCUT2D eigenvalue weighted by molar-refractivity contribution is 0.249. The summed E-state index contributed by atoms with van der Waals surface area (Å²) in [5.74, 6) is 1.00. The van der Waals surface area contributed by atoms with Gasteiger partial charge in [0.05, 0.1) is 13.7 Å². The Bertz CT molecular complexity index is 491. The van der Waals surface area contributed by atoms with Crippen molar-refractivity contribution >= 4 is 22.9 Å². The number of thiazole rings is 1. The molecule has 0 saturated carbocycles. The molecule has 0 unspecified atom stereocenters. The Kier molecular flexibility index (Phi) is 4.41. The van der Waals surface area contributed by atoms with E-state index in [9.17, 15) is 5.11 Å². The molecule has 2 rings (SSSR count). The monoisotopic (exact) mass is 285 g/mol. The average molecular weight is 286 g/mol. The number of aromatic nitrogens is 1. The molecule has 0 atom stereocenters. The molecule has 2 aromatic rings. The first kappa shape index (κ1) is 13.1. The first-order chi connectivity index (χ1) is 8.74. The first-order valence-electron chi connectivity index (χ1n) is 5.23. The summed E-state index contributed by atoms with van der Waals surface area (Å²) in [7, 11) is 1.53. The Labute approximate surface area is 114 Å². The molecular weight excluding hydrogens is 274 g/mol. The van der Waals surface area contributed by atoms with E-state index in [1.807, 2.05) is 5.38 Å². The van der Waals surface area contributed by atoms with Gasteiger partial charge in [-0.25, -0.2) is 4.98 Å². The van der Waals surface area contributed by atoms with Crippen LogP contribution in [0, 0.1) is 0 Å². The van der Waals surface area contributed by atoms with Crippen molar-refractivity contribution < 1.29 is 14.6 Å². The molecule has 0 spiro atoms. The largest absolute Gasteiger partial charge is 0.493 e. The summed E-state index contributed by atoms with van der Waals surface area (Å²) >= 11 is 7.43. The van der Waals surface area contributed by atoms with Crippen molar-refractivity contribution in [3.63, 3.8) is 0 Å². The Morgan fingerprint density at radius 1 is 1.44 bits per heavy atom. The molecule has 1 aromatic carbocycles. The van der Waals surface area contributed by atoms with Crippen LogP contribution in [0.2, 0.25) is 5.02 Å². The van der Waals surface area contributed by atoms with Gasteiger partial charge in [0.1, 0.15) is 11.6 Å². The SMILES string of the molecule is COc1cc(Cl)cc(CO)c1OCc1nccs1. The highest BCUT2D eigenvalue weighted by Gasteiger charge is 2.13. The Morgan fingerprint density at radius 2 is 2.28 bits per heavy atom. The zero-order valence-corrected chi connectivity index (χ0v) is 11.3. The molecule has 0 radical (unpaired) electrons. The highest BCUT2D eigenvalue weighted by molar-refractivity contribution is 7.09. The van der Waals surface area contributed by atoms with Crippen LogP contribution in [0.15, 0.2) is 23.7 Å². The fourth-order valence-electron chi connectivity index (χ4n) is 1.51. The van der Waals surface area contributed by atoms with Crippen LogP contribution in [0.1, 0.15) is 10.6 Å². The standard InChI is InChI=1S/C12H12ClNO3S/c1-16-10-5-9(13)4-8(6-15)12(10)17-7-11-14-2-3-18-11/h2-5,15H,6-7H2,1H3. The molecule has 96 valence electrons. The fourth-order valence-corrected chi connectivity index (χ4v) is 2.27. The van der Waals surface area contributed by atoms with E-state index in [0.717, 1.165) is 5.01 Å². The van der Waals surface area contributed by atoms with Crippen LogP contribution in [0.25, 0.3) is 0 Å². The van der Waals surface area contributed by atoms with Gasteiger partial charge in [0.2, 0.25) is 0 Å². The third-order valence-electron chi connectivity index (χ3n) is 2.31. The maximum absolute atomic E-state index is 9.31. The Balaban J connectivity index is 2.24. The number of rotatable bonds is 5. The Hall–Kier alpha value is -1.30. The van der Waals surface area contributed by atoms with E-state index in [0.29, 0.717) is 28.7 Å². The highest BCUT2D eigenvalue weighted by atomic mass is 35.5. The molecule has 0 bridgehead atoms. The lowest BCUT2D eigenvalue weighted by atomic mass is 10.2. The minimum Gasteiger partial charge on any atom is -0.493 e. The number of ether oxygens (including phenoxy) is 2. The van der Waals surface area contributed by atoms with Crippen molar-refractivity contribution in [3.8, 4) is 11.5 Å². The minimum atomic E-state index is -0.163. The molecule has 0 amide bonds. The predicted molar refractivity (Wildman–Crippen MR) is 70.4 cm³/mol. The van der Waals surface area contributed by atoms with E-state index in [2.05, 4.69) is 4.98 Å². The average Bonchev–Trinajstić information content (AvgIpc) is 2.89. The quantitative estimate of drug-likeness (QED) is 0.918. The number of hydrogen-bond donors (Lipinski definition) is 1. The highest BCUT2D eigenvalue weighted by Crippen LogP contribution is 2.35. The zero-order valence-electron chi connectivity index (χ0n) is 9.72. The molecule has 18 heavy (non-hydrogen) atoms. The molecule has 0 aliphatic heterocycles. The van der Waals surface area contributed by atoms with E-state index in [4.69, 9.17) is 21.1 Å². The maximum atomic E-state index is 9.31. The van der Waals surface area contributed by atoms with Crippen LogP contribution < -0.4 is 9.47 Å². The Morgan fingerprint density at radius 3 is 2.89 bits per heavy atom. The van der Waals surface area contributed by atoms with Crippen LogP contribution >= 0.6 is 22.9 Å². The lowest BCUT2D eigenvalue weighted by Crippen LogP contribution is -2.01. The van der Waals surface area contributed by atoms with Crippen molar-refractivity contribution in [2.24, 2.45) is 0 Å². The normalized spacial score (nSPS) is 10.4. The van der Waals surface area contributed by atoms with E-state index < -0.39 is 0 Å². The van der Waals surface area contributed by atoms with Crippen molar-refractivity contribution in [1.29, 1.82) is 0 Å². The number of methoxy groups -OCH3 is 1. The molecular formula is C12H12ClNO3S. The fraction of sp³-hybridized carbons (Fsp3) is 0.250. The summed E-state index contributed by atoms with van der Waals surface area (Å²) in [4.78, 5) is 4.12. The van der Waals surface area contributed by atoms with Gasteiger partial charge in [-0.2, -0.15) is 0 Å². The molecule has 4 nitrogen and oxygen atoms in total. The summed E-state index contributed by atoms with van der Waals surface area (Å²) in [6, 6.07) is 3.30. The van der Waals surface area contributed by atoms with Gasteiger partial charge >= 0.3 is 0 Å². The van der Waals surface area contributed by atoms with Gasteiger partial charge in [0.25, 0.3) is 0 Å². The third kappa shape index (κ3) is 2.93. The zero-order chi connectivity index (χ0) is 13.0. The van der Waals surface area contributed by atoms with Gasteiger partial charge < -0.3 is 14.6 Å². The minimum absolute atomic E-state index is 0.163. The van der Waals surface area contributed by atoms with Gasteiger partial charge in [0, 0.05) is 28.2 Å². The number of nitrogens with zero attached hydrogens (tertiary/aromatic N) is 1. The maximum Gasteiger partial charge on any atom is 0.167 e. The van der Waals surface area contributed by atoms with E-state index in [-0.39, 0.29) is 6.61 Å². The number of halogens is 1. The van der Waals surface area contributed by atoms with E-state index in [1.54, 1.807) is 18.3 Å². The van der Waals surface area contributed by atoms with E-state index in [1.165, 1.54) is 18.4 Å². The smallest absolute Gasteiger partial charge is 0.167 e. The van der Waals surface area contributed by atoms with Crippen LogP contribution in [0.3, 0.4) is 0 Å². The summed E-state index contributed by atoms with van der Waals surface area (Å²) in [6.07, 6.45) is 1.72. The molecule has 6 heteroatoms. The topological polar surface area (TPSA) is 51.6 Å². The van der Waals surface area contributed by atoms with Crippen LogP contribution in [0.5, 0.6) is 11.5 Å². The van der Waals surface area contributed by atoms with Gasteiger partial charge in [-0.3, -0.25) is 0 Å². The molecule has 0 aliphatic carbocycles. The van der Waals surface area contributed by atoms with Crippen LogP contribution in [-0.4, -0.2) is 17.2 Å². The molecule has 1 N–H and O–H groups in total. The molecule has 1 aromatic heterocycles. The van der Waals surface area contributed by atoms with E-state index >= 15 is 0 Å². The van der Waals surface area contributed by atoms with Crippen molar-refractivity contribution in [2.45, 2.75) is 13.2 Å². The van der Waals surface area contributed by atoms with Crippen molar-refractivity contribution in [2.75, 3.05) is 7.11 Å². The number of aliphatic hydroxyl groups is 1. The lowest BCUT2D eigenvalue weighted by Gasteiger charge is -2.13. The second-order valence-corrected chi connectivity index (χ2v) is 4.88. The summed E-state index contributed by atoms with van der Waals surface area (Å²) < 4.78 is 10.9. The van der Waals surface area contributed by atoms with Crippen molar-refractivity contribution in [3.05, 3.63) is 39.3 Å². The first-order valence-corrected chi connectivity index (χ1v) is 6.48. The molecule has 0 saturated heterocycles.